The van der Waals surface area contributed by atoms with E-state index in [0.29, 0.717) is 22.1 Å². The van der Waals surface area contributed by atoms with Gasteiger partial charge in [-0.05, 0) is 55.5 Å². The molecule has 0 atom stereocenters. The summed E-state index contributed by atoms with van der Waals surface area (Å²) in [5.74, 6) is -0.714. The highest BCUT2D eigenvalue weighted by Gasteiger charge is 2.23. The van der Waals surface area contributed by atoms with Gasteiger partial charge in [0, 0.05) is 14.9 Å². The topological polar surface area (TPSA) is 107 Å². The molecule has 0 fully saturated rings. The SMILES string of the molecule is N#Cc1c(NC(=O)C(=O)NN=Cc2ccc(-c3ccc(Br)cc3)o2)sc2c1CCCC2. The van der Waals surface area contributed by atoms with Crippen molar-refractivity contribution >= 4 is 50.3 Å². The summed E-state index contributed by atoms with van der Waals surface area (Å²) in [6.07, 6.45) is 5.13. The largest absolute Gasteiger partial charge is 0.455 e. The highest BCUT2D eigenvalue weighted by atomic mass is 79.9. The minimum absolute atomic E-state index is 0.420. The van der Waals surface area contributed by atoms with E-state index in [1.165, 1.54) is 17.6 Å². The maximum absolute atomic E-state index is 12.2. The lowest BCUT2D eigenvalue weighted by atomic mass is 9.96. The lowest BCUT2D eigenvalue weighted by Crippen LogP contribution is -2.32. The van der Waals surface area contributed by atoms with Gasteiger partial charge in [-0.3, -0.25) is 9.59 Å². The molecular weight excluding hydrogens is 480 g/mol. The molecule has 0 bridgehead atoms. The molecule has 0 radical (unpaired) electrons. The number of nitrogens with zero attached hydrogens (tertiary/aromatic N) is 2. The Morgan fingerprint density at radius 2 is 1.90 bits per heavy atom. The number of benzene rings is 1. The second-order valence-corrected chi connectivity index (χ2v) is 8.91. The second-order valence-electron chi connectivity index (χ2n) is 6.89. The third kappa shape index (κ3) is 4.76. The lowest BCUT2D eigenvalue weighted by Gasteiger charge is -2.09. The molecule has 7 nitrogen and oxygen atoms in total. The van der Waals surface area contributed by atoms with E-state index in [1.54, 1.807) is 12.1 Å². The number of carbonyl (C=O) groups is 2. The van der Waals surface area contributed by atoms with E-state index in [1.807, 2.05) is 24.3 Å². The van der Waals surface area contributed by atoms with Crippen molar-refractivity contribution in [2.24, 2.45) is 5.10 Å². The first-order chi connectivity index (χ1) is 15.0. The van der Waals surface area contributed by atoms with E-state index in [-0.39, 0.29) is 0 Å². The number of nitriles is 1. The Hall–Kier alpha value is -3.22. The second kappa shape index (κ2) is 9.29. The summed E-state index contributed by atoms with van der Waals surface area (Å²) in [7, 11) is 0. The maximum Gasteiger partial charge on any atom is 0.329 e. The van der Waals surface area contributed by atoms with Crippen LogP contribution in [-0.4, -0.2) is 18.0 Å². The molecule has 0 spiro atoms. The van der Waals surface area contributed by atoms with E-state index < -0.39 is 11.8 Å². The molecule has 0 aliphatic heterocycles. The van der Waals surface area contributed by atoms with Crippen molar-refractivity contribution in [3.05, 3.63) is 62.6 Å². The number of hydrogen-bond acceptors (Lipinski definition) is 6. The van der Waals surface area contributed by atoms with Gasteiger partial charge in [-0.15, -0.1) is 11.3 Å². The first kappa shape index (κ1) is 21.0. The molecule has 1 aliphatic carbocycles. The zero-order valence-corrected chi connectivity index (χ0v) is 18.7. The average Bonchev–Trinajstić information content (AvgIpc) is 3.38. The fourth-order valence-corrected chi connectivity index (χ4v) is 4.83. The molecule has 1 aliphatic rings. The molecule has 3 aromatic rings. The van der Waals surface area contributed by atoms with Crippen LogP contribution in [0.2, 0.25) is 0 Å². The number of fused-ring (bicyclic) bond motifs is 1. The van der Waals surface area contributed by atoms with Gasteiger partial charge in [0.1, 0.15) is 22.6 Å². The van der Waals surface area contributed by atoms with Crippen LogP contribution in [0.15, 0.2) is 50.4 Å². The number of nitrogens with one attached hydrogen (secondary N) is 2. The summed E-state index contributed by atoms with van der Waals surface area (Å²) < 4.78 is 6.64. The Morgan fingerprint density at radius 3 is 2.68 bits per heavy atom. The van der Waals surface area contributed by atoms with Crippen molar-refractivity contribution in [2.45, 2.75) is 25.7 Å². The summed E-state index contributed by atoms with van der Waals surface area (Å²) in [6, 6.07) is 13.3. The molecule has 31 heavy (non-hydrogen) atoms. The van der Waals surface area contributed by atoms with Crippen LogP contribution >= 0.6 is 27.3 Å². The van der Waals surface area contributed by atoms with Gasteiger partial charge in [-0.1, -0.05) is 28.1 Å². The fourth-order valence-electron chi connectivity index (χ4n) is 3.33. The zero-order chi connectivity index (χ0) is 21.8. The Morgan fingerprint density at radius 1 is 1.13 bits per heavy atom. The number of aryl methyl sites for hydroxylation is 1. The van der Waals surface area contributed by atoms with Crippen molar-refractivity contribution in [3.8, 4) is 17.4 Å². The normalized spacial score (nSPS) is 12.9. The molecule has 0 saturated carbocycles. The predicted octanol–water partition coefficient (Wildman–Crippen LogP) is 4.61. The van der Waals surface area contributed by atoms with Crippen LogP contribution in [0.3, 0.4) is 0 Å². The Kier molecular flexibility index (Phi) is 6.30. The smallest absolute Gasteiger partial charge is 0.329 e. The van der Waals surface area contributed by atoms with Crippen LogP contribution in [0.1, 0.15) is 34.6 Å². The Labute approximate surface area is 190 Å². The van der Waals surface area contributed by atoms with Crippen molar-refractivity contribution in [3.63, 3.8) is 0 Å². The molecule has 2 N–H and O–H groups in total. The summed E-state index contributed by atoms with van der Waals surface area (Å²) in [5, 5.41) is 16.2. The lowest BCUT2D eigenvalue weighted by molar-refractivity contribution is -0.136. The van der Waals surface area contributed by atoms with E-state index >= 15 is 0 Å². The van der Waals surface area contributed by atoms with Crippen LogP contribution in [0.25, 0.3) is 11.3 Å². The summed E-state index contributed by atoms with van der Waals surface area (Å²) in [4.78, 5) is 25.4. The number of amides is 2. The third-order valence-electron chi connectivity index (χ3n) is 4.83. The molecule has 1 aromatic carbocycles. The number of thiophene rings is 1. The number of anilines is 1. The molecule has 2 aromatic heterocycles. The number of furan rings is 1. The number of hydrazone groups is 1. The van der Waals surface area contributed by atoms with Gasteiger partial charge in [0.2, 0.25) is 0 Å². The van der Waals surface area contributed by atoms with E-state index in [4.69, 9.17) is 4.42 Å². The monoisotopic (exact) mass is 496 g/mol. The van der Waals surface area contributed by atoms with Gasteiger partial charge in [-0.2, -0.15) is 10.4 Å². The van der Waals surface area contributed by atoms with E-state index in [0.717, 1.165) is 46.2 Å². The summed E-state index contributed by atoms with van der Waals surface area (Å²) >= 11 is 4.75. The van der Waals surface area contributed by atoms with Gasteiger partial charge in [-0.25, -0.2) is 5.43 Å². The van der Waals surface area contributed by atoms with E-state index in [9.17, 15) is 14.9 Å². The number of carbonyl (C=O) groups excluding carboxylic acids is 2. The highest BCUT2D eigenvalue weighted by molar-refractivity contribution is 9.10. The summed E-state index contributed by atoms with van der Waals surface area (Å²) in [5.41, 5.74) is 4.53. The Balaban J connectivity index is 1.36. The Bertz CT molecular complexity index is 1200. The van der Waals surface area contributed by atoms with Crippen molar-refractivity contribution in [1.82, 2.24) is 5.43 Å². The van der Waals surface area contributed by atoms with E-state index in [2.05, 4.69) is 37.8 Å². The van der Waals surface area contributed by atoms with Crippen molar-refractivity contribution in [2.75, 3.05) is 5.32 Å². The first-order valence-corrected chi connectivity index (χ1v) is 11.2. The van der Waals surface area contributed by atoms with Crippen LogP contribution in [0.4, 0.5) is 5.00 Å². The minimum atomic E-state index is -0.925. The predicted molar refractivity (Wildman–Crippen MR) is 122 cm³/mol. The van der Waals surface area contributed by atoms with Crippen LogP contribution in [-0.2, 0) is 22.4 Å². The highest BCUT2D eigenvalue weighted by Crippen LogP contribution is 2.37. The number of rotatable bonds is 4. The van der Waals surface area contributed by atoms with Crippen LogP contribution in [0, 0.1) is 11.3 Å². The molecule has 4 rings (SSSR count). The number of halogens is 1. The van der Waals surface area contributed by atoms with Gasteiger partial charge in [0.25, 0.3) is 0 Å². The van der Waals surface area contributed by atoms with Gasteiger partial charge < -0.3 is 9.73 Å². The minimum Gasteiger partial charge on any atom is -0.455 e. The maximum atomic E-state index is 12.2. The third-order valence-corrected chi connectivity index (χ3v) is 6.57. The fraction of sp³-hybridized carbons (Fsp3) is 0.182. The summed E-state index contributed by atoms with van der Waals surface area (Å²) in [6.45, 7) is 0. The molecule has 156 valence electrons. The molecule has 2 amide bonds. The van der Waals surface area contributed by atoms with Crippen molar-refractivity contribution in [1.29, 1.82) is 5.26 Å². The van der Waals surface area contributed by atoms with Gasteiger partial charge >= 0.3 is 11.8 Å². The standard InChI is InChI=1S/C22H17BrN4O3S/c23-14-7-5-13(6-8-14)18-10-9-15(30-18)12-25-27-21(29)20(28)26-22-17(11-24)16-3-1-2-4-19(16)31-22/h5-10,12H,1-4H2,(H,26,28)(H,27,29). The van der Waals surface area contributed by atoms with Crippen LogP contribution in [0.5, 0.6) is 0 Å². The quantitative estimate of drug-likeness (QED) is 0.312. The van der Waals surface area contributed by atoms with Crippen LogP contribution < -0.4 is 10.7 Å². The van der Waals surface area contributed by atoms with Gasteiger partial charge in [0.05, 0.1) is 11.8 Å². The molecule has 9 heteroatoms. The van der Waals surface area contributed by atoms with Crippen molar-refractivity contribution < 1.29 is 14.0 Å². The average molecular weight is 497 g/mol. The molecule has 0 unspecified atom stereocenters. The molecule has 2 heterocycles. The number of hydrogen-bond donors (Lipinski definition) is 2. The molecule has 0 saturated heterocycles. The molecular formula is C22H17BrN4O3S. The first-order valence-electron chi connectivity index (χ1n) is 9.60. The van der Waals surface area contributed by atoms with Gasteiger partial charge in [0.15, 0.2) is 0 Å². The zero-order valence-electron chi connectivity index (χ0n) is 16.3.